The van der Waals surface area contributed by atoms with Crippen molar-refractivity contribution in [3.8, 4) is 0 Å². The van der Waals surface area contributed by atoms with E-state index in [1.165, 1.54) is 0 Å². The highest BCUT2D eigenvalue weighted by Crippen LogP contribution is 2.15. The van der Waals surface area contributed by atoms with Crippen LogP contribution >= 0.6 is 0 Å². The van der Waals surface area contributed by atoms with Gasteiger partial charge in [0.25, 0.3) is 11.8 Å². The molecule has 1 aromatic heterocycles. The Bertz CT molecular complexity index is 608. The summed E-state index contributed by atoms with van der Waals surface area (Å²) in [6.45, 7) is 1.82. The average molecular weight is 273 g/mol. The highest BCUT2D eigenvalue weighted by atomic mass is 16.5. The van der Waals surface area contributed by atoms with Crippen molar-refractivity contribution < 1.29 is 14.8 Å². The molecule has 20 heavy (non-hydrogen) atoms. The van der Waals surface area contributed by atoms with Crippen LogP contribution in [0.3, 0.4) is 0 Å². The molecule has 2 rings (SSSR count). The predicted molar refractivity (Wildman–Crippen MR) is 72.4 cm³/mol. The van der Waals surface area contributed by atoms with Gasteiger partial charge in [-0.3, -0.25) is 14.8 Å². The maximum atomic E-state index is 11.9. The third-order valence-corrected chi connectivity index (χ3v) is 2.94. The van der Waals surface area contributed by atoms with E-state index < -0.39 is 5.91 Å². The Balaban J connectivity index is 2.11. The molecule has 0 radical (unpaired) electrons. The molecule has 2 amide bonds. The van der Waals surface area contributed by atoms with Crippen LogP contribution in [0.5, 0.6) is 0 Å². The van der Waals surface area contributed by atoms with E-state index in [9.17, 15) is 9.59 Å². The number of carbonyl (C=O) groups excluding carboxylic acids is 2. The van der Waals surface area contributed by atoms with Gasteiger partial charge in [0.1, 0.15) is 5.69 Å². The van der Waals surface area contributed by atoms with Crippen LogP contribution in [-0.2, 0) is 0 Å². The molecule has 1 heterocycles. The van der Waals surface area contributed by atoms with Gasteiger partial charge in [-0.2, -0.15) is 0 Å². The Labute approximate surface area is 115 Å². The summed E-state index contributed by atoms with van der Waals surface area (Å²) in [6, 6.07) is 9.84. The Kier molecular flexibility index (Phi) is 4.17. The summed E-state index contributed by atoms with van der Waals surface area (Å²) in [7, 11) is 0. The molecule has 0 spiro atoms. The van der Waals surface area contributed by atoms with Crippen molar-refractivity contribution in [1.29, 1.82) is 0 Å². The second-order valence-electron chi connectivity index (χ2n) is 4.35. The van der Waals surface area contributed by atoms with Crippen molar-refractivity contribution in [2.75, 3.05) is 0 Å². The molecule has 0 aliphatic rings. The lowest BCUT2D eigenvalue weighted by Crippen LogP contribution is -2.27. The van der Waals surface area contributed by atoms with Crippen molar-refractivity contribution in [1.82, 2.24) is 15.8 Å². The number of aromatic nitrogens is 1. The number of amides is 2. The molecule has 1 aromatic carbocycles. The van der Waals surface area contributed by atoms with Crippen LogP contribution in [0.15, 0.2) is 42.6 Å². The first-order valence-corrected chi connectivity index (χ1v) is 6.10. The van der Waals surface area contributed by atoms with Gasteiger partial charge in [-0.15, -0.1) is 0 Å². The monoisotopic (exact) mass is 273 g/mol. The van der Waals surface area contributed by atoms with E-state index in [1.807, 2.05) is 6.92 Å². The summed E-state index contributed by atoms with van der Waals surface area (Å²) >= 11 is 0. The SMILES string of the molecule is CC(NC(=O)c1ccc[nH]1)c1cccc(C(=O)NO)c1. The van der Waals surface area contributed by atoms with Gasteiger partial charge >= 0.3 is 0 Å². The Hall–Kier alpha value is -2.60. The molecule has 0 saturated heterocycles. The highest BCUT2D eigenvalue weighted by molar-refractivity contribution is 5.94. The number of carbonyl (C=O) groups is 2. The van der Waals surface area contributed by atoms with Crippen LogP contribution in [-0.4, -0.2) is 22.0 Å². The van der Waals surface area contributed by atoms with Crippen LogP contribution in [0.2, 0.25) is 0 Å². The summed E-state index contributed by atoms with van der Waals surface area (Å²) in [4.78, 5) is 26.1. The lowest BCUT2D eigenvalue weighted by atomic mass is 10.0. The molecule has 0 fully saturated rings. The van der Waals surface area contributed by atoms with E-state index in [-0.39, 0.29) is 11.9 Å². The van der Waals surface area contributed by atoms with Gasteiger partial charge in [0.2, 0.25) is 0 Å². The number of hydrogen-bond donors (Lipinski definition) is 4. The zero-order valence-electron chi connectivity index (χ0n) is 10.9. The molecule has 2 aromatic rings. The second-order valence-corrected chi connectivity index (χ2v) is 4.35. The number of H-pyrrole nitrogens is 1. The molecule has 104 valence electrons. The van der Waals surface area contributed by atoms with Crippen LogP contribution in [0.25, 0.3) is 0 Å². The van der Waals surface area contributed by atoms with Crippen molar-refractivity contribution in [2.45, 2.75) is 13.0 Å². The smallest absolute Gasteiger partial charge is 0.274 e. The fourth-order valence-corrected chi connectivity index (χ4v) is 1.84. The Morgan fingerprint density at radius 2 is 2.00 bits per heavy atom. The van der Waals surface area contributed by atoms with Gasteiger partial charge in [-0.25, -0.2) is 5.48 Å². The molecule has 0 aliphatic carbocycles. The fourth-order valence-electron chi connectivity index (χ4n) is 1.84. The van der Waals surface area contributed by atoms with E-state index >= 15 is 0 Å². The van der Waals surface area contributed by atoms with E-state index in [1.54, 1.807) is 48.1 Å². The molecular weight excluding hydrogens is 258 g/mol. The van der Waals surface area contributed by atoms with E-state index in [4.69, 9.17) is 5.21 Å². The minimum Gasteiger partial charge on any atom is -0.357 e. The first-order valence-electron chi connectivity index (χ1n) is 6.10. The normalized spacial score (nSPS) is 11.7. The fraction of sp³-hybridized carbons (Fsp3) is 0.143. The largest absolute Gasteiger partial charge is 0.357 e. The van der Waals surface area contributed by atoms with Crippen molar-refractivity contribution >= 4 is 11.8 Å². The summed E-state index contributed by atoms with van der Waals surface area (Å²) < 4.78 is 0. The number of hydrogen-bond acceptors (Lipinski definition) is 3. The summed E-state index contributed by atoms with van der Waals surface area (Å²) in [5.41, 5.74) is 3.15. The molecule has 4 N–H and O–H groups in total. The predicted octanol–water partition coefficient (Wildman–Crippen LogP) is 1.62. The van der Waals surface area contributed by atoms with Gasteiger partial charge in [0.05, 0.1) is 6.04 Å². The van der Waals surface area contributed by atoms with Crippen LogP contribution in [0.1, 0.15) is 39.4 Å². The number of rotatable bonds is 4. The van der Waals surface area contributed by atoms with Gasteiger partial charge in [-0.1, -0.05) is 12.1 Å². The standard InChI is InChI=1S/C14H15N3O3/c1-9(16-14(19)12-6-3-7-15-12)10-4-2-5-11(8-10)13(18)17-20/h2-9,15,20H,1H3,(H,16,19)(H,17,18). The minimum atomic E-state index is -0.588. The van der Waals surface area contributed by atoms with E-state index in [0.717, 1.165) is 5.56 Å². The molecule has 1 unspecified atom stereocenters. The Morgan fingerprint density at radius 1 is 1.20 bits per heavy atom. The van der Waals surface area contributed by atoms with Crippen molar-refractivity contribution in [2.24, 2.45) is 0 Å². The molecule has 6 heteroatoms. The van der Waals surface area contributed by atoms with Crippen LogP contribution < -0.4 is 10.8 Å². The van der Waals surface area contributed by atoms with Gasteiger partial charge in [-0.05, 0) is 36.8 Å². The first kappa shape index (κ1) is 13.8. The zero-order chi connectivity index (χ0) is 14.5. The maximum absolute atomic E-state index is 11.9. The minimum absolute atomic E-state index is 0.223. The maximum Gasteiger partial charge on any atom is 0.274 e. The summed E-state index contributed by atoms with van der Waals surface area (Å²) in [5, 5.41) is 11.4. The average Bonchev–Trinajstić information content (AvgIpc) is 3.00. The molecule has 0 aliphatic heterocycles. The van der Waals surface area contributed by atoms with E-state index in [0.29, 0.717) is 11.3 Å². The number of aromatic amines is 1. The Morgan fingerprint density at radius 3 is 2.65 bits per heavy atom. The molecule has 0 bridgehead atoms. The molecule has 6 nitrogen and oxygen atoms in total. The van der Waals surface area contributed by atoms with Crippen molar-refractivity contribution in [3.63, 3.8) is 0 Å². The molecule has 0 saturated carbocycles. The number of benzene rings is 1. The van der Waals surface area contributed by atoms with Gasteiger partial charge in [0.15, 0.2) is 0 Å². The summed E-state index contributed by atoms with van der Waals surface area (Å²) in [5.74, 6) is -0.811. The van der Waals surface area contributed by atoms with Gasteiger partial charge < -0.3 is 10.3 Å². The number of hydroxylamine groups is 1. The zero-order valence-corrected chi connectivity index (χ0v) is 10.9. The molecular formula is C14H15N3O3. The number of nitrogens with one attached hydrogen (secondary N) is 3. The topological polar surface area (TPSA) is 94.2 Å². The third-order valence-electron chi connectivity index (χ3n) is 2.94. The lowest BCUT2D eigenvalue weighted by molar-refractivity contribution is 0.0706. The quantitative estimate of drug-likeness (QED) is 0.503. The lowest BCUT2D eigenvalue weighted by Gasteiger charge is -2.14. The molecule has 1 atom stereocenters. The van der Waals surface area contributed by atoms with Crippen LogP contribution in [0, 0.1) is 0 Å². The van der Waals surface area contributed by atoms with Gasteiger partial charge in [0, 0.05) is 11.8 Å². The highest BCUT2D eigenvalue weighted by Gasteiger charge is 2.13. The third kappa shape index (κ3) is 3.04. The van der Waals surface area contributed by atoms with Crippen LogP contribution in [0.4, 0.5) is 0 Å². The van der Waals surface area contributed by atoms with Crippen molar-refractivity contribution in [3.05, 3.63) is 59.4 Å². The van der Waals surface area contributed by atoms with E-state index in [2.05, 4.69) is 10.3 Å². The first-order chi connectivity index (χ1) is 9.61. The second kappa shape index (κ2) is 6.03. The summed E-state index contributed by atoms with van der Waals surface area (Å²) in [6.07, 6.45) is 1.67.